The van der Waals surface area contributed by atoms with Gasteiger partial charge in [-0.05, 0) is 31.9 Å². The summed E-state index contributed by atoms with van der Waals surface area (Å²) in [6.45, 7) is 5.76. The van der Waals surface area contributed by atoms with Gasteiger partial charge in [-0.2, -0.15) is 0 Å². The first-order valence-electron chi connectivity index (χ1n) is 8.16. The van der Waals surface area contributed by atoms with E-state index in [0.717, 1.165) is 29.1 Å². The third-order valence-electron chi connectivity index (χ3n) is 4.93. The van der Waals surface area contributed by atoms with Gasteiger partial charge in [0.25, 0.3) is 10.0 Å². The number of aryl methyl sites for hydroxylation is 1. The van der Waals surface area contributed by atoms with E-state index in [1.807, 2.05) is 6.92 Å². The van der Waals surface area contributed by atoms with Crippen LogP contribution in [0.4, 0.5) is 0 Å². The van der Waals surface area contributed by atoms with Crippen molar-refractivity contribution >= 4 is 16.0 Å². The van der Waals surface area contributed by atoms with Crippen molar-refractivity contribution in [3.05, 3.63) is 42.1 Å². The molecule has 0 bridgehead atoms. The minimum Gasteiger partial charge on any atom is -0.481 e. The van der Waals surface area contributed by atoms with Gasteiger partial charge >= 0.3 is 5.97 Å². The number of rotatable bonds is 6. The van der Waals surface area contributed by atoms with E-state index in [0.29, 0.717) is 18.5 Å². The lowest BCUT2D eigenvalue weighted by atomic mass is 9.71. The van der Waals surface area contributed by atoms with Crippen LogP contribution in [0.15, 0.2) is 41.4 Å². The van der Waals surface area contributed by atoms with Gasteiger partial charge in [-0.15, -0.1) is 0 Å². The van der Waals surface area contributed by atoms with Gasteiger partial charge in [0.15, 0.2) is 0 Å². The molecule has 0 radical (unpaired) electrons. The summed E-state index contributed by atoms with van der Waals surface area (Å²) >= 11 is 0. The first-order chi connectivity index (χ1) is 11.2. The first kappa shape index (κ1) is 18.5. The fraction of sp³-hybridized carbons (Fsp3) is 0.500. The molecule has 2 rings (SSSR count). The number of carboxylic acids is 1. The van der Waals surface area contributed by atoms with Crippen LogP contribution >= 0.6 is 0 Å². The summed E-state index contributed by atoms with van der Waals surface area (Å²) in [5.74, 6) is -0.857. The molecule has 24 heavy (non-hydrogen) atoms. The summed E-state index contributed by atoms with van der Waals surface area (Å²) in [6, 6.07) is 6.59. The quantitative estimate of drug-likeness (QED) is 0.850. The van der Waals surface area contributed by atoms with Gasteiger partial charge in [0.05, 0.1) is 10.3 Å². The van der Waals surface area contributed by atoms with Crippen molar-refractivity contribution in [2.24, 2.45) is 5.41 Å². The highest BCUT2D eigenvalue weighted by Gasteiger charge is 2.41. The molecule has 5 nitrogen and oxygen atoms in total. The van der Waals surface area contributed by atoms with Crippen molar-refractivity contribution in [1.29, 1.82) is 0 Å². The standard InChI is InChI=1S/C18H25NO4S/c1-14-7-9-16(10-8-14)24(22,23)19(3)15(2)13-18(17(20)21)11-5-4-6-12-18/h7-10H,2,4-6,11-13H2,1,3H3,(H,20,21). The molecule has 1 aliphatic carbocycles. The van der Waals surface area contributed by atoms with E-state index in [9.17, 15) is 18.3 Å². The summed E-state index contributed by atoms with van der Waals surface area (Å²) in [5, 5.41) is 9.66. The Morgan fingerprint density at radius 2 is 1.75 bits per heavy atom. The van der Waals surface area contributed by atoms with Crippen LogP contribution in [-0.2, 0) is 14.8 Å². The van der Waals surface area contributed by atoms with E-state index in [1.165, 1.54) is 7.05 Å². The monoisotopic (exact) mass is 351 g/mol. The van der Waals surface area contributed by atoms with Gasteiger partial charge < -0.3 is 5.11 Å². The summed E-state index contributed by atoms with van der Waals surface area (Å²) in [5.41, 5.74) is 0.397. The maximum Gasteiger partial charge on any atom is 0.310 e. The minimum atomic E-state index is -3.72. The number of hydrogen-bond donors (Lipinski definition) is 1. The Labute approximate surface area is 144 Å². The van der Waals surface area contributed by atoms with E-state index in [1.54, 1.807) is 24.3 Å². The third-order valence-corrected chi connectivity index (χ3v) is 6.78. The fourth-order valence-corrected chi connectivity index (χ4v) is 4.44. The van der Waals surface area contributed by atoms with E-state index in [4.69, 9.17) is 0 Å². The summed E-state index contributed by atoms with van der Waals surface area (Å²) in [7, 11) is -2.28. The molecule has 1 aromatic carbocycles. The van der Waals surface area contributed by atoms with E-state index >= 15 is 0 Å². The highest BCUT2D eigenvalue weighted by atomic mass is 32.2. The Morgan fingerprint density at radius 3 is 2.25 bits per heavy atom. The molecular formula is C18H25NO4S. The smallest absolute Gasteiger partial charge is 0.310 e. The van der Waals surface area contributed by atoms with Crippen LogP contribution in [0.1, 0.15) is 44.1 Å². The van der Waals surface area contributed by atoms with Gasteiger partial charge in [0, 0.05) is 19.2 Å². The van der Waals surface area contributed by atoms with E-state index in [-0.39, 0.29) is 11.3 Å². The zero-order chi connectivity index (χ0) is 18.0. The molecule has 1 aliphatic rings. The van der Waals surface area contributed by atoms with Gasteiger partial charge in [-0.1, -0.05) is 43.5 Å². The second-order valence-corrected chi connectivity index (χ2v) is 8.64. The lowest BCUT2D eigenvalue weighted by molar-refractivity contribution is -0.151. The zero-order valence-electron chi connectivity index (χ0n) is 14.3. The Hall–Kier alpha value is -1.82. The maximum atomic E-state index is 12.7. The molecule has 0 unspecified atom stereocenters. The van der Waals surface area contributed by atoms with Crippen LogP contribution in [0.25, 0.3) is 0 Å². The van der Waals surface area contributed by atoms with Crippen molar-refractivity contribution in [2.75, 3.05) is 7.05 Å². The van der Waals surface area contributed by atoms with Gasteiger partial charge in [0.1, 0.15) is 0 Å². The number of aliphatic carboxylic acids is 1. The SMILES string of the molecule is C=C(CC1(C(=O)O)CCCCC1)N(C)S(=O)(=O)c1ccc(C)cc1. The highest BCUT2D eigenvalue weighted by molar-refractivity contribution is 7.89. The molecule has 132 valence electrons. The molecule has 0 aromatic heterocycles. The number of hydrogen-bond acceptors (Lipinski definition) is 3. The second-order valence-electron chi connectivity index (χ2n) is 6.67. The van der Waals surface area contributed by atoms with Crippen molar-refractivity contribution in [2.45, 2.75) is 50.3 Å². The maximum absolute atomic E-state index is 12.7. The summed E-state index contributed by atoms with van der Waals surface area (Å²) < 4.78 is 26.6. The lowest BCUT2D eigenvalue weighted by Crippen LogP contribution is -2.37. The minimum absolute atomic E-state index is 0.157. The predicted molar refractivity (Wildman–Crippen MR) is 93.0 cm³/mol. The Morgan fingerprint density at radius 1 is 1.21 bits per heavy atom. The average Bonchev–Trinajstić information content (AvgIpc) is 2.55. The first-order valence-corrected chi connectivity index (χ1v) is 9.60. The molecule has 1 saturated carbocycles. The molecule has 1 aromatic rings. The van der Waals surface area contributed by atoms with Crippen LogP contribution in [-0.4, -0.2) is 30.8 Å². The van der Waals surface area contributed by atoms with Gasteiger partial charge in [-0.25, -0.2) is 8.42 Å². The molecule has 0 aliphatic heterocycles. The number of benzene rings is 1. The van der Waals surface area contributed by atoms with E-state index in [2.05, 4.69) is 6.58 Å². The molecule has 0 atom stereocenters. The normalized spacial score (nSPS) is 17.2. The lowest BCUT2D eigenvalue weighted by Gasteiger charge is -2.35. The van der Waals surface area contributed by atoms with Gasteiger partial charge in [-0.3, -0.25) is 9.10 Å². The number of carbonyl (C=O) groups is 1. The van der Waals surface area contributed by atoms with Crippen molar-refractivity contribution in [1.82, 2.24) is 4.31 Å². The number of allylic oxidation sites excluding steroid dienone is 1. The van der Waals surface area contributed by atoms with Gasteiger partial charge in [0.2, 0.25) is 0 Å². The predicted octanol–water partition coefficient (Wildman–Crippen LogP) is 3.55. The third kappa shape index (κ3) is 3.64. The number of carboxylic acid groups (broad SMARTS) is 1. The van der Waals surface area contributed by atoms with Crippen molar-refractivity contribution < 1.29 is 18.3 Å². The second kappa shape index (κ2) is 6.97. The van der Waals surface area contributed by atoms with Crippen molar-refractivity contribution in [3.63, 3.8) is 0 Å². The van der Waals surface area contributed by atoms with Crippen LogP contribution < -0.4 is 0 Å². The summed E-state index contributed by atoms with van der Waals surface area (Å²) in [4.78, 5) is 12.0. The molecule has 6 heteroatoms. The van der Waals surface area contributed by atoms with Crippen LogP contribution in [0.3, 0.4) is 0 Å². The highest BCUT2D eigenvalue weighted by Crippen LogP contribution is 2.42. The number of nitrogens with zero attached hydrogens (tertiary/aromatic N) is 1. The Balaban J connectivity index is 2.21. The molecule has 1 fully saturated rings. The fourth-order valence-electron chi connectivity index (χ4n) is 3.24. The molecule has 0 spiro atoms. The topological polar surface area (TPSA) is 74.7 Å². The average molecular weight is 351 g/mol. The molecular weight excluding hydrogens is 326 g/mol. The summed E-state index contributed by atoms with van der Waals surface area (Å²) in [6.07, 6.45) is 4.03. The molecule has 1 N–H and O–H groups in total. The molecule has 0 heterocycles. The number of sulfonamides is 1. The largest absolute Gasteiger partial charge is 0.481 e. The van der Waals surface area contributed by atoms with Crippen LogP contribution in [0.2, 0.25) is 0 Å². The Bertz CT molecular complexity index is 716. The van der Waals surface area contributed by atoms with Crippen LogP contribution in [0, 0.1) is 12.3 Å². The van der Waals surface area contributed by atoms with Crippen molar-refractivity contribution in [3.8, 4) is 0 Å². The van der Waals surface area contributed by atoms with Crippen LogP contribution in [0.5, 0.6) is 0 Å². The molecule has 0 amide bonds. The van der Waals surface area contributed by atoms with E-state index < -0.39 is 21.4 Å². The zero-order valence-corrected chi connectivity index (χ0v) is 15.1. The Kier molecular flexibility index (Phi) is 5.38. The molecule has 0 saturated heterocycles.